The summed E-state index contributed by atoms with van der Waals surface area (Å²) in [6.07, 6.45) is 0. The second-order valence-electron chi connectivity index (χ2n) is 5.35. The van der Waals surface area contributed by atoms with Gasteiger partial charge in [-0.15, -0.1) is 10.2 Å². The Labute approximate surface area is 140 Å². The number of azo groups is 1. The molecule has 2 N–H and O–H groups in total. The zero-order chi connectivity index (χ0) is 17.4. The number of nitrogens with zero attached hydrogens (tertiary/aromatic N) is 2. The van der Waals surface area contributed by atoms with Crippen molar-refractivity contribution < 1.29 is 23.8 Å². The number of H-pyrrole nitrogens is 1. The Balaban J connectivity index is 1.73. The van der Waals surface area contributed by atoms with Crippen LogP contribution in [0.2, 0.25) is 0 Å². The van der Waals surface area contributed by atoms with Crippen LogP contribution in [0.15, 0.2) is 46.6 Å². The van der Waals surface area contributed by atoms with Crippen LogP contribution in [-0.2, 0) is 0 Å². The molecule has 1 amide bonds. The molecule has 25 heavy (non-hydrogen) atoms. The van der Waals surface area contributed by atoms with Gasteiger partial charge in [0.15, 0.2) is 17.2 Å². The van der Waals surface area contributed by atoms with Crippen molar-refractivity contribution in [2.45, 2.75) is 0 Å². The van der Waals surface area contributed by atoms with Crippen molar-refractivity contribution in [3.63, 3.8) is 0 Å². The number of halogens is 1. The fourth-order valence-electron chi connectivity index (χ4n) is 2.59. The average Bonchev–Trinajstić information content (AvgIpc) is 2.92. The summed E-state index contributed by atoms with van der Waals surface area (Å²) in [7, 11) is 0. The number of benzene rings is 2. The summed E-state index contributed by atoms with van der Waals surface area (Å²) in [6, 6.07) is 8.78. The van der Waals surface area contributed by atoms with Crippen LogP contribution in [0.3, 0.4) is 0 Å². The number of hydrogen-bond acceptors (Lipinski definition) is 5. The van der Waals surface area contributed by atoms with E-state index in [4.69, 9.17) is 9.47 Å². The van der Waals surface area contributed by atoms with Crippen molar-refractivity contribution in [1.82, 2.24) is 4.98 Å². The topological polar surface area (TPSA) is 96.3 Å². The smallest absolute Gasteiger partial charge is 0.298 e. The van der Waals surface area contributed by atoms with Gasteiger partial charge in [0.25, 0.3) is 5.91 Å². The van der Waals surface area contributed by atoms with Crippen LogP contribution >= 0.6 is 0 Å². The van der Waals surface area contributed by atoms with Gasteiger partial charge in [-0.1, -0.05) is 12.1 Å². The van der Waals surface area contributed by atoms with E-state index in [1.807, 2.05) is 0 Å². The van der Waals surface area contributed by atoms with E-state index >= 15 is 0 Å². The number of ether oxygens (including phenoxy) is 2. The molecule has 1 aliphatic rings. The van der Waals surface area contributed by atoms with E-state index in [1.165, 1.54) is 18.2 Å². The van der Waals surface area contributed by atoms with Gasteiger partial charge in [-0.25, -0.2) is 4.39 Å². The molecule has 0 spiro atoms. The first-order valence-electron chi connectivity index (χ1n) is 7.48. The third-order valence-corrected chi connectivity index (χ3v) is 3.76. The summed E-state index contributed by atoms with van der Waals surface area (Å²) in [6.45, 7) is 0.854. The molecule has 0 fully saturated rings. The van der Waals surface area contributed by atoms with E-state index < -0.39 is 11.7 Å². The molecule has 0 unspecified atom stereocenters. The van der Waals surface area contributed by atoms with Crippen LogP contribution < -0.4 is 9.47 Å². The Kier molecular flexibility index (Phi) is 3.57. The van der Waals surface area contributed by atoms with Gasteiger partial charge in [-0.2, -0.15) is 0 Å². The van der Waals surface area contributed by atoms with Gasteiger partial charge >= 0.3 is 0 Å². The molecule has 0 radical (unpaired) electrons. The number of rotatable bonds is 2. The maximum Gasteiger partial charge on any atom is 0.298 e. The lowest BCUT2D eigenvalue weighted by atomic mass is 10.2. The molecule has 0 saturated heterocycles. The number of carbonyl (C=O) groups is 1. The first-order valence-corrected chi connectivity index (χ1v) is 7.48. The maximum atomic E-state index is 13.6. The molecule has 1 aliphatic heterocycles. The largest absolute Gasteiger partial charge is 0.493 e. The molecule has 7 nitrogen and oxygen atoms in total. The number of amides is 1. The molecule has 0 bridgehead atoms. The monoisotopic (exact) mass is 341 g/mol. The highest BCUT2D eigenvalue weighted by Crippen LogP contribution is 2.42. The van der Waals surface area contributed by atoms with Gasteiger partial charge in [0.1, 0.15) is 19.0 Å². The summed E-state index contributed by atoms with van der Waals surface area (Å²) >= 11 is 0. The lowest BCUT2D eigenvalue weighted by Crippen LogP contribution is -2.15. The van der Waals surface area contributed by atoms with Crippen molar-refractivity contribution in [3.8, 4) is 17.4 Å². The number of fused-ring (bicyclic) bond motifs is 2. The average molecular weight is 341 g/mol. The van der Waals surface area contributed by atoms with Crippen molar-refractivity contribution in [3.05, 3.63) is 47.8 Å². The van der Waals surface area contributed by atoms with Crippen molar-refractivity contribution in [2.24, 2.45) is 10.2 Å². The third-order valence-electron chi connectivity index (χ3n) is 3.76. The highest BCUT2D eigenvalue weighted by molar-refractivity contribution is 5.98. The minimum atomic E-state index is -0.843. The molecule has 2 aromatic carbocycles. The standard InChI is InChI=1S/C17H12FN3O4/c18-11-4-2-1-3-9(11)16(22)21-20-15-10-7-13-14(25-6-5-24-13)8-12(10)19-17(15)23/h1-4,7-8,19,23H,5-6H2. The van der Waals surface area contributed by atoms with Gasteiger partial charge in [0.2, 0.25) is 5.88 Å². The molecule has 3 aromatic rings. The van der Waals surface area contributed by atoms with E-state index in [-0.39, 0.29) is 17.1 Å². The Morgan fingerprint density at radius 2 is 1.88 bits per heavy atom. The maximum absolute atomic E-state index is 13.6. The summed E-state index contributed by atoms with van der Waals surface area (Å²) < 4.78 is 24.6. The third kappa shape index (κ3) is 2.67. The Morgan fingerprint density at radius 1 is 1.16 bits per heavy atom. The van der Waals surface area contributed by atoms with E-state index in [2.05, 4.69) is 15.2 Å². The second-order valence-corrected chi connectivity index (χ2v) is 5.35. The van der Waals surface area contributed by atoms with Crippen LogP contribution in [0.1, 0.15) is 10.4 Å². The molecule has 0 aliphatic carbocycles. The minimum absolute atomic E-state index is 0.0664. The summed E-state index contributed by atoms with van der Waals surface area (Å²) in [5.74, 6) is -0.735. The number of hydrogen-bond donors (Lipinski definition) is 2. The zero-order valence-electron chi connectivity index (χ0n) is 12.8. The molecular formula is C17H12FN3O4. The highest BCUT2D eigenvalue weighted by atomic mass is 19.1. The Morgan fingerprint density at radius 3 is 2.64 bits per heavy atom. The van der Waals surface area contributed by atoms with Gasteiger partial charge in [-0.3, -0.25) is 4.79 Å². The molecular weight excluding hydrogens is 329 g/mol. The van der Waals surface area contributed by atoms with Crippen LogP contribution in [0.5, 0.6) is 17.4 Å². The zero-order valence-corrected chi connectivity index (χ0v) is 12.8. The number of nitrogens with one attached hydrogen (secondary N) is 1. The lowest BCUT2D eigenvalue weighted by molar-refractivity contribution is 0.0991. The van der Waals surface area contributed by atoms with Crippen LogP contribution in [-0.4, -0.2) is 29.2 Å². The van der Waals surface area contributed by atoms with Gasteiger partial charge < -0.3 is 19.6 Å². The fourth-order valence-corrected chi connectivity index (χ4v) is 2.59. The first-order chi connectivity index (χ1) is 12.1. The number of aromatic nitrogens is 1. The van der Waals surface area contributed by atoms with Crippen LogP contribution in [0, 0.1) is 5.82 Å². The van der Waals surface area contributed by atoms with Crippen molar-refractivity contribution >= 4 is 22.5 Å². The molecule has 0 saturated carbocycles. The summed E-state index contributed by atoms with van der Waals surface area (Å²) in [5, 5.41) is 17.9. The predicted octanol–water partition coefficient (Wildman–Crippen LogP) is 3.71. The van der Waals surface area contributed by atoms with Crippen LogP contribution in [0.25, 0.3) is 10.9 Å². The SMILES string of the molecule is O=C(N=Nc1c(O)[nH]c2cc3c(cc12)OCCO3)c1ccccc1F. The van der Waals surface area contributed by atoms with E-state index in [9.17, 15) is 14.3 Å². The Hall–Kier alpha value is -3.42. The summed E-state index contributed by atoms with van der Waals surface area (Å²) in [4.78, 5) is 14.7. The van der Waals surface area contributed by atoms with E-state index in [0.29, 0.717) is 35.6 Å². The van der Waals surface area contributed by atoms with Gasteiger partial charge in [-0.05, 0) is 18.2 Å². The number of aromatic hydroxyl groups is 1. The van der Waals surface area contributed by atoms with Crippen molar-refractivity contribution in [1.29, 1.82) is 0 Å². The van der Waals surface area contributed by atoms with Crippen molar-refractivity contribution in [2.75, 3.05) is 13.2 Å². The fraction of sp³-hybridized carbons (Fsp3) is 0.118. The lowest BCUT2D eigenvalue weighted by Gasteiger charge is -2.17. The Bertz CT molecular complexity index is 1010. The molecule has 126 valence electrons. The minimum Gasteiger partial charge on any atom is -0.493 e. The molecule has 4 rings (SSSR count). The normalized spacial score (nSPS) is 13.5. The number of carbonyl (C=O) groups excluding carboxylic acids is 1. The second kappa shape index (κ2) is 5.90. The molecule has 2 heterocycles. The first kappa shape index (κ1) is 15.1. The van der Waals surface area contributed by atoms with Gasteiger partial charge in [0, 0.05) is 11.5 Å². The predicted molar refractivity (Wildman–Crippen MR) is 86.2 cm³/mol. The molecule has 0 atom stereocenters. The van der Waals surface area contributed by atoms with E-state index in [0.717, 1.165) is 6.07 Å². The molecule has 8 heteroatoms. The molecule has 1 aromatic heterocycles. The van der Waals surface area contributed by atoms with E-state index in [1.54, 1.807) is 12.1 Å². The quantitative estimate of drug-likeness (QED) is 0.695. The highest BCUT2D eigenvalue weighted by Gasteiger charge is 2.18. The van der Waals surface area contributed by atoms with Gasteiger partial charge in [0.05, 0.1) is 11.1 Å². The van der Waals surface area contributed by atoms with Crippen LogP contribution in [0.4, 0.5) is 10.1 Å². The number of aromatic amines is 1. The summed E-state index contributed by atoms with van der Waals surface area (Å²) in [5.41, 5.74) is 0.422.